The number of rotatable bonds is 5. The van der Waals surface area contributed by atoms with Crippen LogP contribution >= 0.6 is 15.9 Å². The second kappa shape index (κ2) is 6.68. The number of hydrogen-bond donors (Lipinski definition) is 1. The van der Waals surface area contributed by atoms with Crippen molar-refractivity contribution in [2.75, 3.05) is 11.4 Å². The van der Waals surface area contributed by atoms with Crippen molar-refractivity contribution in [2.45, 2.75) is 20.1 Å². The fraction of sp³-hybridized carbons (Fsp3) is 0.267. The van der Waals surface area contributed by atoms with Crippen molar-refractivity contribution in [1.29, 1.82) is 0 Å². The van der Waals surface area contributed by atoms with E-state index in [4.69, 9.17) is 0 Å². The number of hydrogen-bond acceptors (Lipinski definition) is 3. The van der Waals surface area contributed by atoms with Crippen LogP contribution in [0.25, 0.3) is 0 Å². The number of aliphatic hydroxyl groups excluding tert-OH is 1. The van der Waals surface area contributed by atoms with E-state index < -0.39 is 0 Å². The van der Waals surface area contributed by atoms with Gasteiger partial charge in [0, 0.05) is 35.6 Å². The Morgan fingerprint density at radius 1 is 1.21 bits per heavy atom. The zero-order chi connectivity index (χ0) is 13.7. The number of aromatic nitrogens is 1. The first-order chi connectivity index (χ1) is 9.24. The first kappa shape index (κ1) is 14.0. The lowest BCUT2D eigenvalue weighted by Crippen LogP contribution is -2.22. The molecule has 0 saturated heterocycles. The van der Waals surface area contributed by atoms with Crippen molar-refractivity contribution in [3.8, 4) is 0 Å². The zero-order valence-electron chi connectivity index (χ0n) is 10.9. The lowest BCUT2D eigenvalue weighted by atomic mass is 10.2. The van der Waals surface area contributed by atoms with Crippen LogP contribution in [-0.4, -0.2) is 16.6 Å². The maximum atomic E-state index is 9.19. The van der Waals surface area contributed by atoms with E-state index in [1.54, 1.807) is 0 Å². The minimum Gasteiger partial charge on any atom is -0.392 e. The summed E-state index contributed by atoms with van der Waals surface area (Å²) >= 11 is 3.49. The van der Waals surface area contributed by atoms with E-state index in [2.05, 4.69) is 38.8 Å². The highest BCUT2D eigenvalue weighted by molar-refractivity contribution is 9.10. The second-order valence-corrected chi connectivity index (χ2v) is 5.16. The van der Waals surface area contributed by atoms with E-state index in [1.807, 2.05) is 36.7 Å². The molecule has 0 amide bonds. The average Bonchev–Trinajstić information content (AvgIpc) is 2.46. The molecule has 0 saturated carbocycles. The molecule has 0 aliphatic rings. The van der Waals surface area contributed by atoms with E-state index in [9.17, 15) is 5.11 Å². The molecule has 19 heavy (non-hydrogen) atoms. The summed E-state index contributed by atoms with van der Waals surface area (Å²) in [6.07, 6.45) is 3.63. The van der Waals surface area contributed by atoms with Crippen LogP contribution in [0.1, 0.15) is 18.1 Å². The summed E-state index contributed by atoms with van der Waals surface area (Å²) in [6.45, 7) is 3.96. The molecule has 0 aliphatic carbocycles. The van der Waals surface area contributed by atoms with E-state index >= 15 is 0 Å². The zero-order valence-corrected chi connectivity index (χ0v) is 12.5. The highest BCUT2D eigenvalue weighted by Crippen LogP contribution is 2.25. The summed E-state index contributed by atoms with van der Waals surface area (Å²) in [5.41, 5.74) is 3.28. The van der Waals surface area contributed by atoms with Crippen LogP contribution in [0.4, 0.5) is 5.69 Å². The molecule has 2 aromatic rings. The Morgan fingerprint density at radius 3 is 2.53 bits per heavy atom. The van der Waals surface area contributed by atoms with Gasteiger partial charge in [0.2, 0.25) is 0 Å². The van der Waals surface area contributed by atoms with Gasteiger partial charge in [-0.2, -0.15) is 0 Å². The first-order valence-corrected chi connectivity index (χ1v) is 7.07. The number of benzene rings is 1. The minimum atomic E-state index is 0.0529. The molecule has 1 aromatic carbocycles. The third-order valence-electron chi connectivity index (χ3n) is 3.08. The van der Waals surface area contributed by atoms with Crippen LogP contribution in [0.2, 0.25) is 0 Å². The molecule has 0 unspecified atom stereocenters. The van der Waals surface area contributed by atoms with Gasteiger partial charge in [0.25, 0.3) is 0 Å². The maximum Gasteiger partial charge on any atom is 0.0692 e. The molecule has 0 radical (unpaired) electrons. The molecule has 0 atom stereocenters. The van der Waals surface area contributed by atoms with Gasteiger partial charge in [-0.05, 0) is 42.3 Å². The largest absolute Gasteiger partial charge is 0.392 e. The van der Waals surface area contributed by atoms with E-state index in [0.29, 0.717) is 0 Å². The summed E-state index contributed by atoms with van der Waals surface area (Å²) in [5, 5.41) is 9.19. The monoisotopic (exact) mass is 320 g/mol. The Bertz CT molecular complexity index is 531. The van der Waals surface area contributed by atoms with Gasteiger partial charge in [-0.3, -0.25) is 4.98 Å². The molecule has 0 fully saturated rings. The van der Waals surface area contributed by atoms with Gasteiger partial charge in [-0.25, -0.2) is 0 Å². The summed E-state index contributed by atoms with van der Waals surface area (Å²) < 4.78 is 0.945. The number of aliphatic hydroxyl groups is 1. The number of nitrogens with zero attached hydrogens (tertiary/aromatic N) is 2. The fourth-order valence-electron chi connectivity index (χ4n) is 1.96. The van der Waals surface area contributed by atoms with Crippen molar-refractivity contribution >= 4 is 21.6 Å². The van der Waals surface area contributed by atoms with E-state index in [-0.39, 0.29) is 6.61 Å². The topological polar surface area (TPSA) is 36.4 Å². The lowest BCUT2D eigenvalue weighted by molar-refractivity contribution is 0.281. The molecule has 100 valence electrons. The Hall–Kier alpha value is -1.39. The fourth-order valence-corrected chi connectivity index (χ4v) is 2.45. The van der Waals surface area contributed by atoms with Crippen LogP contribution < -0.4 is 4.90 Å². The highest BCUT2D eigenvalue weighted by Gasteiger charge is 2.07. The molecule has 0 aliphatic heterocycles. The van der Waals surface area contributed by atoms with Crippen LogP contribution in [0.3, 0.4) is 0 Å². The predicted molar refractivity (Wildman–Crippen MR) is 81.0 cm³/mol. The molecular weight excluding hydrogens is 304 g/mol. The third-order valence-corrected chi connectivity index (χ3v) is 3.81. The van der Waals surface area contributed by atoms with Crippen molar-refractivity contribution in [3.05, 3.63) is 58.3 Å². The second-order valence-electron chi connectivity index (χ2n) is 4.30. The molecule has 1 heterocycles. The number of pyridine rings is 1. The first-order valence-electron chi connectivity index (χ1n) is 6.27. The third kappa shape index (κ3) is 3.55. The quantitative estimate of drug-likeness (QED) is 0.917. The smallest absolute Gasteiger partial charge is 0.0692 e. The van der Waals surface area contributed by atoms with Gasteiger partial charge >= 0.3 is 0 Å². The van der Waals surface area contributed by atoms with Crippen LogP contribution in [0, 0.1) is 0 Å². The van der Waals surface area contributed by atoms with Gasteiger partial charge < -0.3 is 10.0 Å². The van der Waals surface area contributed by atoms with E-state index in [0.717, 1.165) is 28.8 Å². The van der Waals surface area contributed by atoms with Crippen LogP contribution in [0.5, 0.6) is 0 Å². The van der Waals surface area contributed by atoms with Gasteiger partial charge in [0.15, 0.2) is 0 Å². The maximum absolute atomic E-state index is 9.19. The summed E-state index contributed by atoms with van der Waals surface area (Å²) in [7, 11) is 0. The Morgan fingerprint density at radius 2 is 1.95 bits per heavy atom. The van der Waals surface area contributed by atoms with Crippen molar-refractivity contribution < 1.29 is 5.11 Å². The SMILES string of the molecule is CCN(Cc1ccncc1)c1ccc(CO)c(Br)c1. The molecule has 0 spiro atoms. The van der Waals surface area contributed by atoms with Crippen molar-refractivity contribution in [1.82, 2.24) is 4.98 Å². The molecule has 3 nitrogen and oxygen atoms in total. The molecular formula is C15H17BrN2O. The van der Waals surface area contributed by atoms with Gasteiger partial charge in [0.05, 0.1) is 6.61 Å². The van der Waals surface area contributed by atoms with E-state index in [1.165, 1.54) is 5.56 Å². The lowest BCUT2D eigenvalue weighted by Gasteiger charge is -2.24. The summed E-state index contributed by atoms with van der Waals surface area (Å²) in [5.74, 6) is 0. The van der Waals surface area contributed by atoms with Crippen LogP contribution in [-0.2, 0) is 13.2 Å². The highest BCUT2D eigenvalue weighted by atomic mass is 79.9. The number of halogens is 1. The summed E-state index contributed by atoms with van der Waals surface area (Å²) in [6, 6.07) is 10.1. The minimum absolute atomic E-state index is 0.0529. The molecule has 1 N–H and O–H groups in total. The number of anilines is 1. The van der Waals surface area contributed by atoms with Gasteiger partial charge in [0.1, 0.15) is 0 Å². The van der Waals surface area contributed by atoms with Crippen molar-refractivity contribution in [2.24, 2.45) is 0 Å². The normalized spacial score (nSPS) is 10.5. The van der Waals surface area contributed by atoms with Gasteiger partial charge in [-0.15, -0.1) is 0 Å². The molecule has 0 bridgehead atoms. The molecule has 2 rings (SSSR count). The van der Waals surface area contributed by atoms with Crippen molar-refractivity contribution in [3.63, 3.8) is 0 Å². The Balaban J connectivity index is 2.20. The standard InChI is InChI=1S/C15H17BrN2O/c1-2-18(10-12-5-7-17-8-6-12)14-4-3-13(11-19)15(16)9-14/h3-9,19H,2,10-11H2,1H3. The molecule has 4 heteroatoms. The Labute approximate surface area is 122 Å². The van der Waals surface area contributed by atoms with Crippen LogP contribution in [0.15, 0.2) is 47.2 Å². The average molecular weight is 321 g/mol. The Kier molecular flexibility index (Phi) is 4.93. The molecule has 1 aromatic heterocycles. The predicted octanol–water partition coefficient (Wildman–Crippen LogP) is 3.36. The summed E-state index contributed by atoms with van der Waals surface area (Å²) in [4.78, 5) is 6.31. The van der Waals surface area contributed by atoms with Gasteiger partial charge in [-0.1, -0.05) is 22.0 Å².